The molecule has 0 bridgehead atoms. The second kappa shape index (κ2) is 16.1. The van der Waals surface area contributed by atoms with Crippen molar-refractivity contribution in [1.29, 1.82) is 0 Å². The molecule has 26 heavy (non-hydrogen) atoms. The first-order chi connectivity index (χ1) is 12.5. The molecule has 0 aromatic carbocycles. The minimum Gasteiger partial charge on any atom is -0.465 e. The summed E-state index contributed by atoms with van der Waals surface area (Å²) in [5.74, 6) is -0.494. The Labute approximate surface area is 159 Å². The lowest BCUT2D eigenvalue weighted by Crippen LogP contribution is -2.35. The van der Waals surface area contributed by atoms with Gasteiger partial charge in [0.25, 0.3) is 0 Å². The van der Waals surface area contributed by atoms with E-state index in [-0.39, 0.29) is 31.8 Å². The molecule has 154 valence electrons. The van der Waals surface area contributed by atoms with Crippen LogP contribution in [0.4, 0.5) is 0 Å². The van der Waals surface area contributed by atoms with E-state index in [0.29, 0.717) is 12.8 Å². The maximum absolute atomic E-state index is 11.8. The molecule has 0 spiro atoms. The van der Waals surface area contributed by atoms with Gasteiger partial charge in [-0.3, -0.25) is 9.59 Å². The predicted molar refractivity (Wildman–Crippen MR) is 104 cm³/mol. The van der Waals surface area contributed by atoms with Crippen LogP contribution in [0.5, 0.6) is 0 Å². The van der Waals surface area contributed by atoms with E-state index in [1.807, 2.05) is 0 Å². The molecule has 0 aromatic heterocycles. The maximum Gasteiger partial charge on any atom is 0.305 e. The fraction of sp³-hybridized carbons (Fsp3) is 0.905. The van der Waals surface area contributed by atoms with E-state index in [1.165, 1.54) is 25.7 Å². The second-order valence-electron chi connectivity index (χ2n) is 7.62. The van der Waals surface area contributed by atoms with E-state index in [0.717, 1.165) is 38.5 Å². The summed E-state index contributed by atoms with van der Waals surface area (Å²) < 4.78 is 10.5. The molecule has 0 saturated heterocycles. The summed E-state index contributed by atoms with van der Waals surface area (Å²) in [6, 6.07) is 0. The smallest absolute Gasteiger partial charge is 0.305 e. The van der Waals surface area contributed by atoms with Crippen LogP contribution in [-0.4, -0.2) is 36.9 Å². The van der Waals surface area contributed by atoms with Crippen molar-refractivity contribution in [1.82, 2.24) is 0 Å². The molecule has 0 fully saturated rings. The van der Waals surface area contributed by atoms with Crippen LogP contribution in [0, 0.1) is 5.41 Å². The summed E-state index contributed by atoms with van der Waals surface area (Å²) in [7, 11) is 0. The topological polar surface area (TPSA) is 72.8 Å². The van der Waals surface area contributed by atoms with Gasteiger partial charge in [-0.25, -0.2) is 0 Å². The first-order valence-corrected chi connectivity index (χ1v) is 10.4. The molecule has 0 rings (SSSR count). The molecular weight excluding hydrogens is 332 g/mol. The minimum atomic E-state index is -0.740. The zero-order valence-corrected chi connectivity index (χ0v) is 17.2. The predicted octanol–water partition coefficient (Wildman–Crippen LogP) is 4.79. The lowest BCUT2D eigenvalue weighted by atomic mass is 9.94. The number of aliphatic hydroxyl groups excluding tert-OH is 1. The van der Waals surface area contributed by atoms with Gasteiger partial charge in [0, 0.05) is 12.8 Å². The van der Waals surface area contributed by atoms with Crippen molar-refractivity contribution < 1.29 is 24.2 Å². The van der Waals surface area contributed by atoms with E-state index in [2.05, 4.69) is 13.8 Å². The Morgan fingerprint density at radius 3 is 1.46 bits per heavy atom. The number of carbonyl (C=O) groups is 2. The van der Waals surface area contributed by atoms with E-state index < -0.39 is 5.41 Å². The number of rotatable bonds is 17. The summed E-state index contributed by atoms with van der Waals surface area (Å²) in [6.07, 6.45) is 11.6. The van der Waals surface area contributed by atoms with Gasteiger partial charge < -0.3 is 14.6 Å². The third-order valence-electron chi connectivity index (χ3n) is 4.51. The van der Waals surface area contributed by atoms with Crippen molar-refractivity contribution in [3.05, 3.63) is 0 Å². The van der Waals surface area contributed by atoms with Crippen molar-refractivity contribution in [3.63, 3.8) is 0 Å². The maximum atomic E-state index is 11.8. The van der Waals surface area contributed by atoms with Crippen LogP contribution < -0.4 is 0 Å². The zero-order chi connectivity index (χ0) is 19.7. The molecule has 0 amide bonds. The number of unbranched alkanes of at least 4 members (excludes halogenated alkanes) is 8. The summed E-state index contributed by atoms with van der Waals surface area (Å²) in [4.78, 5) is 23.6. The molecule has 5 heteroatoms. The molecule has 0 aliphatic carbocycles. The normalized spacial score (nSPS) is 11.4. The number of esters is 2. The van der Waals surface area contributed by atoms with Crippen LogP contribution in [0.25, 0.3) is 0 Å². The minimum absolute atomic E-state index is 0.0705. The summed E-state index contributed by atoms with van der Waals surface area (Å²) in [5, 5.41) is 9.57. The van der Waals surface area contributed by atoms with Crippen LogP contribution in [0.1, 0.15) is 97.8 Å². The van der Waals surface area contributed by atoms with Crippen molar-refractivity contribution >= 4 is 11.9 Å². The van der Waals surface area contributed by atoms with Gasteiger partial charge in [0.1, 0.15) is 13.2 Å². The van der Waals surface area contributed by atoms with Crippen LogP contribution in [0.3, 0.4) is 0 Å². The standard InChI is InChI=1S/C21H40O5/c1-4-6-8-10-12-14-19(23)25-17-21(3,16-22)18-26-20(24)15-13-11-9-7-5-2/h22H,4-18H2,1-3H3. The van der Waals surface area contributed by atoms with E-state index in [9.17, 15) is 14.7 Å². The Balaban J connectivity index is 3.92. The van der Waals surface area contributed by atoms with Crippen molar-refractivity contribution in [2.45, 2.75) is 97.8 Å². The Morgan fingerprint density at radius 1 is 0.731 bits per heavy atom. The summed E-state index contributed by atoms with van der Waals surface area (Å²) in [5.41, 5.74) is -0.740. The summed E-state index contributed by atoms with van der Waals surface area (Å²) in [6.45, 7) is 6.02. The van der Waals surface area contributed by atoms with Gasteiger partial charge in [0.15, 0.2) is 0 Å². The van der Waals surface area contributed by atoms with Crippen LogP contribution in [0.2, 0.25) is 0 Å². The molecule has 0 heterocycles. The quantitative estimate of drug-likeness (QED) is 0.293. The molecule has 5 nitrogen and oxygen atoms in total. The van der Waals surface area contributed by atoms with Crippen molar-refractivity contribution in [2.24, 2.45) is 5.41 Å². The second-order valence-corrected chi connectivity index (χ2v) is 7.62. The Kier molecular flexibility index (Phi) is 15.4. The van der Waals surface area contributed by atoms with Gasteiger partial charge in [-0.05, 0) is 12.8 Å². The zero-order valence-electron chi connectivity index (χ0n) is 17.2. The summed E-state index contributed by atoms with van der Waals surface area (Å²) >= 11 is 0. The van der Waals surface area contributed by atoms with Crippen LogP contribution >= 0.6 is 0 Å². The number of hydrogen-bond acceptors (Lipinski definition) is 5. The lowest BCUT2D eigenvalue weighted by Gasteiger charge is -2.26. The number of hydrogen-bond donors (Lipinski definition) is 1. The first kappa shape index (κ1) is 24.9. The van der Waals surface area contributed by atoms with E-state index >= 15 is 0 Å². The van der Waals surface area contributed by atoms with E-state index in [4.69, 9.17) is 9.47 Å². The van der Waals surface area contributed by atoms with Gasteiger partial charge in [0.2, 0.25) is 0 Å². The Morgan fingerprint density at radius 2 is 1.12 bits per heavy atom. The van der Waals surface area contributed by atoms with Gasteiger partial charge in [-0.2, -0.15) is 0 Å². The van der Waals surface area contributed by atoms with Gasteiger partial charge >= 0.3 is 11.9 Å². The number of ether oxygens (including phenoxy) is 2. The molecule has 1 N–H and O–H groups in total. The van der Waals surface area contributed by atoms with Crippen molar-refractivity contribution in [3.8, 4) is 0 Å². The molecule has 0 saturated carbocycles. The lowest BCUT2D eigenvalue weighted by molar-refractivity contribution is -0.155. The third kappa shape index (κ3) is 14.1. The first-order valence-electron chi connectivity index (χ1n) is 10.4. The van der Waals surface area contributed by atoms with Crippen molar-refractivity contribution in [2.75, 3.05) is 19.8 Å². The van der Waals surface area contributed by atoms with Gasteiger partial charge in [-0.15, -0.1) is 0 Å². The Hall–Kier alpha value is -1.10. The molecule has 0 aliphatic heterocycles. The Bertz CT molecular complexity index is 337. The molecule has 0 radical (unpaired) electrons. The van der Waals surface area contributed by atoms with Gasteiger partial charge in [-0.1, -0.05) is 72.1 Å². The average molecular weight is 373 g/mol. The number of carbonyl (C=O) groups excluding carboxylic acids is 2. The molecule has 0 atom stereocenters. The monoisotopic (exact) mass is 372 g/mol. The van der Waals surface area contributed by atoms with Crippen LogP contribution in [-0.2, 0) is 19.1 Å². The van der Waals surface area contributed by atoms with Crippen LogP contribution in [0.15, 0.2) is 0 Å². The fourth-order valence-electron chi connectivity index (χ4n) is 2.53. The average Bonchev–Trinajstić information content (AvgIpc) is 2.64. The molecule has 0 unspecified atom stereocenters. The largest absolute Gasteiger partial charge is 0.465 e. The SMILES string of the molecule is CCCCCCCC(=O)OCC(C)(CO)COC(=O)CCCCCCC. The molecule has 0 aliphatic rings. The highest BCUT2D eigenvalue weighted by Gasteiger charge is 2.27. The third-order valence-corrected chi connectivity index (χ3v) is 4.51. The highest BCUT2D eigenvalue weighted by Crippen LogP contribution is 2.18. The van der Waals surface area contributed by atoms with E-state index in [1.54, 1.807) is 6.92 Å². The fourth-order valence-corrected chi connectivity index (χ4v) is 2.53. The molecule has 0 aromatic rings. The molecular formula is C21H40O5. The van der Waals surface area contributed by atoms with Gasteiger partial charge in [0.05, 0.1) is 12.0 Å². The highest BCUT2D eigenvalue weighted by atomic mass is 16.5. The number of aliphatic hydroxyl groups is 1. The highest BCUT2D eigenvalue weighted by molar-refractivity contribution is 5.69.